The van der Waals surface area contributed by atoms with Crippen LogP contribution in [0.3, 0.4) is 0 Å². The monoisotopic (exact) mass is 366 g/mol. The lowest BCUT2D eigenvalue weighted by molar-refractivity contribution is -0.116. The molecule has 0 atom stereocenters. The minimum absolute atomic E-state index is 0.0123. The number of amides is 2. The number of aromatic nitrogens is 4. The van der Waals surface area contributed by atoms with Crippen LogP contribution in [0.2, 0.25) is 0 Å². The van der Waals surface area contributed by atoms with E-state index in [0.29, 0.717) is 5.78 Å². The lowest BCUT2D eigenvalue weighted by Gasteiger charge is -2.16. The maximum absolute atomic E-state index is 12.6. The van der Waals surface area contributed by atoms with Gasteiger partial charge in [-0.25, -0.2) is 9.50 Å². The van der Waals surface area contributed by atoms with E-state index < -0.39 is 5.91 Å². The average Bonchev–Trinajstić information content (AvgIpc) is 3.02. The van der Waals surface area contributed by atoms with E-state index in [4.69, 9.17) is 0 Å². The van der Waals surface area contributed by atoms with Crippen LogP contribution in [0.15, 0.2) is 24.3 Å². The fourth-order valence-corrected chi connectivity index (χ4v) is 2.79. The van der Waals surface area contributed by atoms with Gasteiger partial charge in [0, 0.05) is 24.1 Å². The van der Waals surface area contributed by atoms with E-state index in [1.807, 2.05) is 52.0 Å². The largest absolute Gasteiger partial charge is 0.330 e. The number of anilines is 1. The van der Waals surface area contributed by atoms with Crippen LogP contribution in [-0.2, 0) is 4.79 Å². The highest BCUT2D eigenvalue weighted by atomic mass is 16.2. The molecule has 2 heterocycles. The molecular weight excluding hydrogens is 344 g/mol. The molecule has 8 heteroatoms. The van der Waals surface area contributed by atoms with Gasteiger partial charge in [-0.2, -0.15) is 4.98 Å². The van der Waals surface area contributed by atoms with Crippen LogP contribution in [0.25, 0.3) is 5.78 Å². The van der Waals surface area contributed by atoms with E-state index in [1.165, 1.54) is 9.42 Å². The Balaban J connectivity index is 1.73. The molecule has 3 aromatic rings. The molecule has 0 aliphatic carbocycles. The smallest absolute Gasteiger partial charge is 0.293 e. The third-order valence-corrected chi connectivity index (χ3v) is 4.42. The van der Waals surface area contributed by atoms with E-state index in [0.717, 1.165) is 28.2 Å². The van der Waals surface area contributed by atoms with Crippen LogP contribution < -0.4 is 5.32 Å². The molecule has 2 amide bonds. The highest BCUT2D eigenvalue weighted by molar-refractivity contribution is 5.98. The number of carbonyl (C=O) groups excluding carboxylic acids is 2. The van der Waals surface area contributed by atoms with Crippen molar-refractivity contribution in [2.24, 2.45) is 0 Å². The van der Waals surface area contributed by atoms with Gasteiger partial charge in [-0.15, -0.1) is 5.10 Å². The number of fused-ring (bicyclic) bond motifs is 1. The Hall–Kier alpha value is -3.29. The summed E-state index contributed by atoms with van der Waals surface area (Å²) in [6.07, 6.45) is 0. The van der Waals surface area contributed by atoms with Gasteiger partial charge in [0.05, 0.1) is 6.54 Å². The molecule has 0 saturated carbocycles. The third-order valence-electron chi connectivity index (χ3n) is 4.42. The molecule has 0 aliphatic rings. The molecule has 140 valence electrons. The summed E-state index contributed by atoms with van der Waals surface area (Å²) in [5.74, 6) is -0.343. The van der Waals surface area contributed by atoms with Crippen molar-refractivity contribution in [2.45, 2.75) is 27.7 Å². The van der Waals surface area contributed by atoms with Gasteiger partial charge in [0.25, 0.3) is 11.7 Å². The molecule has 3 rings (SSSR count). The topological polar surface area (TPSA) is 92.5 Å². The first-order chi connectivity index (χ1) is 12.8. The second kappa shape index (κ2) is 7.14. The van der Waals surface area contributed by atoms with Gasteiger partial charge in [0.1, 0.15) is 0 Å². The van der Waals surface area contributed by atoms with Crippen molar-refractivity contribution in [3.8, 4) is 0 Å². The van der Waals surface area contributed by atoms with Gasteiger partial charge in [-0.05, 0) is 51.0 Å². The molecule has 8 nitrogen and oxygen atoms in total. The van der Waals surface area contributed by atoms with E-state index in [2.05, 4.69) is 20.4 Å². The molecule has 0 spiro atoms. The quantitative estimate of drug-likeness (QED) is 0.763. The Labute approximate surface area is 157 Å². The van der Waals surface area contributed by atoms with Crippen molar-refractivity contribution < 1.29 is 9.59 Å². The molecule has 27 heavy (non-hydrogen) atoms. The number of nitrogens with zero attached hydrogens (tertiary/aromatic N) is 5. The maximum Gasteiger partial charge on any atom is 0.293 e. The predicted octanol–water partition coefficient (Wildman–Crippen LogP) is 2.07. The number of hydrogen-bond donors (Lipinski definition) is 1. The molecule has 0 radical (unpaired) electrons. The summed E-state index contributed by atoms with van der Waals surface area (Å²) in [4.78, 5) is 34.7. The van der Waals surface area contributed by atoms with Gasteiger partial charge in [-0.1, -0.05) is 12.1 Å². The van der Waals surface area contributed by atoms with Gasteiger partial charge in [0.15, 0.2) is 0 Å². The Bertz CT molecular complexity index is 1040. The summed E-state index contributed by atoms with van der Waals surface area (Å²) in [5.41, 5.74) is 4.46. The molecule has 0 aliphatic heterocycles. The zero-order valence-electron chi connectivity index (χ0n) is 16.1. The van der Waals surface area contributed by atoms with Crippen molar-refractivity contribution >= 4 is 23.3 Å². The SMILES string of the molecule is Cc1cc(C)n2nc(C(=O)N(C)CC(=O)Nc3cccc(C)c3C)nc2n1. The Kier molecular flexibility index (Phi) is 4.89. The average molecular weight is 366 g/mol. The fourth-order valence-electron chi connectivity index (χ4n) is 2.79. The highest BCUT2D eigenvalue weighted by Crippen LogP contribution is 2.17. The van der Waals surface area contributed by atoms with Crippen molar-refractivity contribution in [1.29, 1.82) is 0 Å². The van der Waals surface area contributed by atoms with E-state index in [1.54, 1.807) is 7.05 Å². The summed E-state index contributed by atoms with van der Waals surface area (Å²) in [7, 11) is 1.54. The van der Waals surface area contributed by atoms with Crippen LogP contribution in [0.5, 0.6) is 0 Å². The van der Waals surface area contributed by atoms with Crippen LogP contribution in [0.1, 0.15) is 33.1 Å². The van der Waals surface area contributed by atoms with E-state index >= 15 is 0 Å². The Morgan fingerprint density at radius 3 is 2.63 bits per heavy atom. The first-order valence-corrected chi connectivity index (χ1v) is 8.59. The minimum Gasteiger partial charge on any atom is -0.330 e. The van der Waals surface area contributed by atoms with E-state index in [-0.39, 0.29) is 18.3 Å². The minimum atomic E-state index is -0.436. The van der Waals surface area contributed by atoms with Gasteiger partial charge in [0.2, 0.25) is 11.7 Å². The molecular formula is C19H22N6O2. The molecule has 0 unspecified atom stereocenters. The van der Waals surface area contributed by atoms with Gasteiger partial charge < -0.3 is 10.2 Å². The van der Waals surface area contributed by atoms with Crippen molar-refractivity contribution in [2.75, 3.05) is 18.9 Å². The zero-order valence-corrected chi connectivity index (χ0v) is 16.1. The number of aryl methyl sites for hydroxylation is 3. The fraction of sp³-hybridized carbons (Fsp3) is 0.316. The van der Waals surface area contributed by atoms with Crippen molar-refractivity contribution in [3.05, 3.63) is 52.6 Å². The first kappa shape index (κ1) is 18.5. The molecule has 1 aromatic carbocycles. The maximum atomic E-state index is 12.6. The predicted molar refractivity (Wildman–Crippen MR) is 102 cm³/mol. The van der Waals surface area contributed by atoms with Crippen molar-refractivity contribution in [3.63, 3.8) is 0 Å². The second-order valence-corrected chi connectivity index (χ2v) is 6.64. The Morgan fingerprint density at radius 1 is 1.15 bits per heavy atom. The summed E-state index contributed by atoms with van der Waals surface area (Å²) in [6.45, 7) is 7.54. The summed E-state index contributed by atoms with van der Waals surface area (Å²) in [6, 6.07) is 7.55. The molecule has 0 fully saturated rings. The van der Waals surface area contributed by atoms with Crippen LogP contribution in [0, 0.1) is 27.7 Å². The number of nitrogens with one attached hydrogen (secondary N) is 1. The lowest BCUT2D eigenvalue weighted by atomic mass is 10.1. The molecule has 2 aromatic heterocycles. The summed E-state index contributed by atoms with van der Waals surface area (Å²) in [5, 5.41) is 7.05. The van der Waals surface area contributed by atoms with Crippen molar-refractivity contribution in [1.82, 2.24) is 24.5 Å². The highest BCUT2D eigenvalue weighted by Gasteiger charge is 2.21. The number of likely N-dealkylation sites (N-methyl/N-ethyl adjacent to an activating group) is 1. The summed E-state index contributed by atoms with van der Waals surface area (Å²) < 4.78 is 1.52. The van der Waals surface area contributed by atoms with Gasteiger partial charge in [-0.3, -0.25) is 9.59 Å². The third kappa shape index (κ3) is 3.79. The molecule has 0 saturated heterocycles. The standard InChI is InChI=1S/C19H22N6O2/c1-11-7-6-8-15(14(11)4)21-16(26)10-24(5)18(27)17-22-19-20-12(2)9-13(3)25(19)23-17/h6-9H,10H2,1-5H3,(H,21,26). The number of rotatable bonds is 4. The van der Waals surface area contributed by atoms with Crippen LogP contribution in [0.4, 0.5) is 5.69 Å². The van der Waals surface area contributed by atoms with Gasteiger partial charge >= 0.3 is 0 Å². The van der Waals surface area contributed by atoms with E-state index in [9.17, 15) is 9.59 Å². The lowest BCUT2D eigenvalue weighted by Crippen LogP contribution is -2.35. The summed E-state index contributed by atoms with van der Waals surface area (Å²) >= 11 is 0. The number of carbonyl (C=O) groups is 2. The van der Waals surface area contributed by atoms with Crippen LogP contribution >= 0.6 is 0 Å². The first-order valence-electron chi connectivity index (χ1n) is 8.59. The number of benzene rings is 1. The Morgan fingerprint density at radius 2 is 1.89 bits per heavy atom. The molecule has 1 N–H and O–H groups in total. The normalized spacial score (nSPS) is 10.9. The molecule has 0 bridgehead atoms. The van der Waals surface area contributed by atoms with Crippen LogP contribution in [-0.4, -0.2) is 49.9 Å². The second-order valence-electron chi connectivity index (χ2n) is 6.64. The zero-order chi connectivity index (χ0) is 19.7. The number of hydrogen-bond acceptors (Lipinski definition) is 5.